The average Bonchev–Trinajstić information content (AvgIpc) is 2.99. The standard InChI is InChI=1S/C19H17NO4S/c1-12-8-9-15-17(10-12)25(21,22)18-11-13(2)24-19(18)20(15)14-6-4-5-7-16(14)23-3/h4-11H,1-3H3. The van der Waals surface area contributed by atoms with E-state index < -0.39 is 9.84 Å². The lowest BCUT2D eigenvalue weighted by molar-refractivity contribution is 0.415. The van der Waals surface area contributed by atoms with Crippen molar-refractivity contribution < 1.29 is 17.6 Å². The molecule has 6 heteroatoms. The number of sulfone groups is 1. The Morgan fingerprint density at radius 1 is 0.960 bits per heavy atom. The van der Waals surface area contributed by atoms with Crippen molar-refractivity contribution in [1.29, 1.82) is 0 Å². The number of furan rings is 1. The van der Waals surface area contributed by atoms with Crippen LogP contribution in [0.1, 0.15) is 11.3 Å². The van der Waals surface area contributed by atoms with Gasteiger partial charge in [0.15, 0.2) is 0 Å². The summed E-state index contributed by atoms with van der Waals surface area (Å²) in [4.78, 5) is 2.25. The molecule has 1 aliphatic rings. The highest BCUT2D eigenvalue weighted by Crippen LogP contribution is 2.51. The van der Waals surface area contributed by atoms with Gasteiger partial charge in [-0.15, -0.1) is 0 Å². The summed E-state index contributed by atoms with van der Waals surface area (Å²) < 4.78 is 37.4. The quantitative estimate of drug-likeness (QED) is 0.529. The lowest BCUT2D eigenvalue weighted by atomic mass is 10.2. The first kappa shape index (κ1) is 15.8. The highest BCUT2D eigenvalue weighted by Gasteiger charge is 2.39. The maximum Gasteiger partial charge on any atom is 0.224 e. The topological polar surface area (TPSA) is 59.8 Å². The van der Waals surface area contributed by atoms with Gasteiger partial charge >= 0.3 is 0 Å². The Morgan fingerprint density at radius 3 is 2.48 bits per heavy atom. The molecular formula is C19H17NO4S. The lowest BCUT2D eigenvalue weighted by Crippen LogP contribution is -2.21. The fourth-order valence-electron chi connectivity index (χ4n) is 3.13. The second-order valence-corrected chi connectivity index (χ2v) is 7.89. The Bertz CT molecular complexity index is 1080. The van der Waals surface area contributed by atoms with E-state index in [0.29, 0.717) is 23.1 Å². The Labute approximate surface area is 146 Å². The van der Waals surface area contributed by atoms with Crippen LogP contribution in [0.25, 0.3) is 0 Å². The molecule has 0 amide bonds. The van der Waals surface area contributed by atoms with Crippen molar-refractivity contribution in [2.45, 2.75) is 23.6 Å². The predicted octanol–water partition coefficient (Wildman–Crippen LogP) is 4.52. The number of hydrogen-bond acceptors (Lipinski definition) is 5. The highest BCUT2D eigenvalue weighted by molar-refractivity contribution is 7.92. The van der Waals surface area contributed by atoms with Gasteiger partial charge in [0, 0.05) is 6.07 Å². The third-order valence-electron chi connectivity index (χ3n) is 4.27. The number of anilines is 3. The van der Waals surface area contributed by atoms with Gasteiger partial charge < -0.3 is 9.15 Å². The molecule has 25 heavy (non-hydrogen) atoms. The summed E-state index contributed by atoms with van der Waals surface area (Å²) >= 11 is 0. The first-order chi connectivity index (χ1) is 11.9. The molecule has 4 rings (SSSR count). The third kappa shape index (κ3) is 2.25. The molecule has 0 atom stereocenters. The number of methoxy groups -OCH3 is 1. The zero-order chi connectivity index (χ0) is 17.8. The fourth-order valence-corrected chi connectivity index (χ4v) is 4.83. The third-order valence-corrected chi connectivity index (χ3v) is 6.04. The lowest BCUT2D eigenvalue weighted by Gasteiger charge is -2.30. The van der Waals surface area contributed by atoms with Gasteiger partial charge in [0.2, 0.25) is 15.7 Å². The van der Waals surface area contributed by atoms with Crippen molar-refractivity contribution >= 4 is 27.1 Å². The molecular weight excluding hydrogens is 338 g/mol. The monoisotopic (exact) mass is 355 g/mol. The number of para-hydroxylation sites is 2. The molecule has 0 bridgehead atoms. The Morgan fingerprint density at radius 2 is 1.72 bits per heavy atom. The van der Waals surface area contributed by atoms with E-state index in [0.717, 1.165) is 11.3 Å². The number of benzene rings is 2. The number of nitrogens with zero attached hydrogens (tertiary/aromatic N) is 1. The zero-order valence-corrected chi connectivity index (χ0v) is 14.9. The molecule has 128 valence electrons. The first-order valence-corrected chi connectivity index (χ1v) is 9.31. The molecule has 3 aromatic rings. The SMILES string of the molecule is COc1ccccc1N1c2ccc(C)cc2S(=O)(=O)c2cc(C)oc21. The largest absolute Gasteiger partial charge is 0.495 e. The van der Waals surface area contributed by atoms with E-state index >= 15 is 0 Å². The number of rotatable bonds is 2. The van der Waals surface area contributed by atoms with E-state index in [-0.39, 0.29) is 9.79 Å². The van der Waals surface area contributed by atoms with Gasteiger partial charge in [-0.3, -0.25) is 4.90 Å². The van der Waals surface area contributed by atoms with Crippen LogP contribution in [0.4, 0.5) is 17.3 Å². The molecule has 0 radical (unpaired) electrons. The fraction of sp³-hybridized carbons (Fsp3) is 0.158. The van der Waals surface area contributed by atoms with Crippen LogP contribution in [0.15, 0.2) is 62.7 Å². The number of fused-ring (bicyclic) bond motifs is 2. The van der Waals surface area contributed by atoms with E-state index in [1.165, 1.54) is 0 Å². The summed E-state index contributed by atoms with van der Waals surface area (Å²) in [6.45, 7) is 3.61. The summed E-state index contributed by atoms with van der Waals surface area (Å²) in [7, 11) is -2.05. The second-order valence-electron chi connectivity index (χ2n) is 6.01. The van der Waals surface area contributed by atoms with Crippen LogP contribution >= 0.6 is 0 Å². The van der Waals surface area contributed by atoms with Crippen molar-refractivity contribution in [3.8, 4) is 5.75 Å². The normalized spacial score (nSPS) is 14.8. The Balaban J connectivity index is 2.10. The van der Waals surface area contributed by atoms with Gasteiger partial charge in [-0.05, 0) is 43.7 Å². The molecule has 0 spiro atoms. The minimum Gasteiger partial charge on any atom is -0.495 e. The van der Waals surface area contributed by atoms with E-state index in [1.54, 1.807) is 37.1 Å². The van der Waals surface area contributed by atoms with E-state index in [1.807, 2.05) is 37.3 Å². The Hall–Kier alpha value is -2.73. The van der Waals surface area contributed by atoms with Crippen LogP contribution in [-0.2, 0) is 9.84 Å². The van der Waals surface area contributed by atoms with Gasteiger partial charge in [-0.2, -0.15) is 0 Å². The molecule has 0 N–H and O–H groups in total. The minimum atomic E-state index is -3.64. The number of ether oxygens (including phenoxy) is 1. The van der Waals surface area contributed by atoms with Crippen molar-refractivity contribution in [3.63, 3.8) is 0 Å². The zero-order valence-electron chi connectivity index (χ0n) is 14.1. The molecule has 1 aromatic heterocycles. The average molecular weight is 355 g/mol. The molecule has 0 unspecified atom stereocenters. The van der Waals surface area contributed by atoms with Crippen molar-refractivity contribution in [3.05, 3.63) is 59.9 Å². The summed E-state index contributed by atoms with van der Waals surface area (Å²) in [5.74, 6) is 1.46. The van der Waals surface area contributed by atoms with Crippen molar-refractivity contribution in [2.75, 3.05) is 12.0 Å². The van der Waals surface area contributed by atoms with Crippen LogP contribution < -0.4 is 9.64 Å². The highest BCUT2D eigenvalue weighted by atomic mass is 32.2. The van der Waals surface area contributed by atoms with Crippen LogP contribution in [0, 0.1) is 13.8 Å². The van der Waals surface area contributed by atoms with Crippen LogP contribution in [0.5, 0.6) is 5.75 Å². The molecule has 0 saturated carbocycles. The molecule has 0 aliphatic carbocycles. The van der Waals surface area contributed by atoms with Gasteiger partial charge in [-0.25, -0.2) is 8.42 Å². The predicted molar refractivity (Wildman–Crippen MR) is 94.9 cm³/mol. The van der Waals surface area contributed by atoms with E-state index in [9.17, 15) is 8.42 Å². The molecule has 5 nitrogen and oxygen atoms in total. The summed E-state index contributed by atoms with van der Waals surface area (Å²) in [6, 6.07) is 14.4. The number of aryl methyl sites for hydroxylation is 2. The van der Waals surface area contributed by atoms with Gasteiger partial charge in [0.1, 0.15) is 16.4 Å². The second kappa shape index (κ2) is 5.39. The molecule has 2 heterocycles. The van der Waals surface area contributed by atoms with Crippen LogP contribution in [-0.4, -0.2) is 15.5 Å². The number of hydrogen-bond donors (Lipinski definition) is 0. The summed E-state index contributed by atoms with van der Waals surface area (Å²) in [5.41, 5.74) is 2.16. The van der Waals surface area contributed by atoms with Crippen molar-refractivity contribution in [2.24, 2.45) is 0 Å². The van der Waals surface area contributed by atoms with E-state index in [2.05, 4.69) is 0 Å². The minimum absolute atomic E-state index is 0.175. The Kier molecular flexibility index (Phi) is 3.40. The summed E-state index contributed by atoms with van der Waals surface area (Å²) in [5, 5.41) is 0. The van der Waals surface area contributed by atoms with E-state index in [4.69, 9.17) is 9.15 Å². The van der Waals surface area contributed by atoms with Crippen LogP contribution in [0.3, 0.4) is 0 Å². The molecule has 1 aliphatic heterocycles. The smallest absolute Gasteiger partial charge is 0.224 e. The van der Waals surface area contributed by atoms with Crippen LogP contribution in [0.2, 0.25) is 0 Å². The maximum atomic E-state index is 13.1. The van der Waals surface area contributed by atoms with Gasteiger partial charge in [0.05, 0.1) is 23.4 Å². The van der Waals surface area contributed by atoms with Crippen molar-refractivity contribution in [1.82, 2.24) is 0 Å². The van der Waals surface area contributed by atoms with Gasteiger partial charge in [-0.1, -0.05) is 18.2 Å². The summed E-state index contributed by atoms with van der Waals surface area (Å²) in [6.07, 6.45) is 0. The van der Waals surface area contributed by atoms with Gasteiger partial charge in [0.25, 0.3) is 0 Å². The molecule has 0 saturated heterocycles. The molecule has 2 aromatic carbocycles. The molecule has 0 fully saturated rings. The maximum absolute atomic E-state index is 13.1. The first-order valence-electron chi connectivity index (χ1n) is 7.83.